The Bertz CT molecular complexity index is 392. The van der Waals surface area contributed by atoms with Gasteiger partial charge in [-0.1, -0.05) is 70.4 Å². The van der Waals surface area contributed by atoms with Gasteiger partial charge >= 0.3 is 0 Å². The Kier molecular flexibility index (Phi) is 13.8. The maximum Gasteiger partial charge on any atom is 0.198 e. The van der Waals surface area contributed by atoms with Crippen molar-refractivity contribution in [3.8, 4) is 0 Å². The Morgan fingerprint density at radius 3 is 2.12 bits per heavy atom. The van der Waals surface area contributed by atoms with Crippen LogP contribution in [0.1, 0.15) is 97.3 Å². The van der Waals surface area contributed by atoms with Crippen molar-refractivity contribution in [2.45, 2.75) is 97.3 Å². The molecule has 1 aliphatic heterocycles. The maximum absolute atomic E-state index is 9.36. The van der Waals surface area contributed by atoms with Crippen molar-refractivity contribution in [1.29, 1.82) is 0 Å². The molecule has 0 saturated carbocycles. The lowest BCUT2D eigenvalue weighted by atomic mass is 10.0. The van der Waals surface area contributed by atoms with E-state index in [4.69, 9.17) is 4.99 Å². The van der Waals surface area contributed by atoms with Gasteiger partial charge in [-0.15, -0.1) is 0 Å². The van der Waals surface area contributed by atoms with E-state index in [2.05, 4.69) is 26.0 Å². The quantitative estimate of drug-likeness (QED) is 0.195. The van der Waals surface area contributed by atoms with Crippen molar-refractivity contribution < 1.29 is 9.59 Å². The van der Waals surface area contributed by atoms with Crippen LogP contribution < -0.4 is 0 Å². The lowest BCUT2D eigenvalue weighted by Gasteiger charge is -2.33. The molecule has 3 heteroatoms. The van der Waals surface area contributed by atoms with Crippen LogP contribution in [-0.2, 0) is 0 Å². The fraction of sp³-hybridized carbons (Fsp3) is 0.870. The first-order valence-electron chi connectivity index (χ1n) is 11.4. The Morgan fingerprint density at radius 1 is 0.885 bits per heavy atom. The second kappa shape index (κ2) is 15.4. The zero-order chi connectivity index (χ0) is 18.9. The van der Waals surface area contributed by atoms with E-state index in [1.807, 2.05) is 0 Å². The van der Waals surface area contributed by atoms with Crippen LogP contribution in [0.2, 0.25) is 0 Å². The molecular formula is C23H45N2O+. The average molecular weight is 366 g/mol. The number of rotatable bonds is 17. The number of aliphatic hydroxyl groups excluding tert-OH is 1. The molecule has 0 spiro atoms. The predicted molar refractivity (Wildman–Crippen MR) is 115 cm³/mol. The first-order valence-corrected chi connectivity index (χ1v) is 11.4. The van der Waals surface area contributed by atoms with Crippen molar-refractivity contribution >= 4 is 5.84 Å². The minimum absolute atomic E-state index is 0.280. The van der Waals surface area contributed by atoms with Gasteiger partial charge in [0.15, 0.2) is 5.84 Å². The van der Waals surface area contributed by atoms with Gasteiger partial charge in [-0.2, -0.15) is 0 Å². The highest BCUT2D eigenvalue weighted by Crippen LogP contribution is 2.20. The monoisotopic (exact) mass is 365 g/mol. The standard InChI is InChI=1S/C23H45N2O/c1-3-5-6-7-8-9-10-11-12-13-14-15-16-17-18-23-24-19-20-25(23,4-2)21-22-26/h6-7,26H,3-5,8-22H2,1-2H3/q+1/b7-6+. The second-order valence-electron chi connectivity index (χ2n) is 7.91. The van der Waals surface area contributed by atoms with E-state index in [1.165, 1.54) is 82.9 Å². The zero-order valence-corrected chi connectivity index (χ0v) is 17.7. The van der Waals surface area contributed by atoms with Crippen LogP contribution in [0.3, 0.4) is 0 Å². The van der Waals surface area contributed by atoms with Crippen LogP contribution in [0.5, 0.6) is 0 Å². The Labute approximate surface area is 163 Å². The maximum atomic E-state index is 9.36. The Morgan fingerprint density at radius 2 is 1.50 bits per heavy atom. The molecule has 1 atom stereocenters. The van der Waals surface area contributed by atoms with E-state index in [1.54, 1.807) is 0 Å². The largest absolute Gasteiger partial charge is 0.390 e. The first kappa shape index (κ1) is 23.4. The minimum atomic E-state index is 0.280. The zero-order valence-electron chi connectivity index (χ0n) is 17.7. The summed E-state index contributed by atoms with van der Waals surface area (Å²) in [6.07, 6.45) is 22.0. The molecule has 0 aromatic rings. The highest BCUT2D eigenvalue weighted by Gasteiger charge is 2.35. The number of hydrogen-bond acceptors (Lipinski definition) is 2. The van der Waals surface area contributed by atoms with Gasteiger partial charge in [-0.05, 0) is 32.6 Å². The molecule has 1 unspecified atom stereocenters. The summed E-state index contributed by atoms with van der Waals surface area (Å²) in [6, 6.07) is 0. The number of amidine groups is 1. The lowest BCUT2D eigenvalue weighted by Crippen LogP contribution is -2.52. The number of aliphatic imine (C=N–C) groups is 1. The SMILES string of the molecule is CCC/C=C/CCCCCCCCCCCC1=NCC[N+]1(CC)CCO. The molecule has 0 radical (unpaired) electrons. The van der Waals surface area contributed by atoms with Gasteiger partial charge in [-0.25, -0.2) is 4.99 Å². The van der Waals surface area contributed by atoms with Gasteiger partial charge < -0.3 is 5.11 Å². The molecule has 1 rings (SSSR count). The van der Waals surface area contributed by atoms with Gasteiger partial charge in [0.25, 0.3) is 0 Å². The number of hydrogen-bond donors (Lipinski definition) is 1. The number of nitrogens with zero attached hydrogens (tertiary/aromatic N) is 2. The summed E-state index contributed by atoms with van der Waals surface area (Å²) in [5, 5.41) is 9.36. The molecule has 26 heavy (non-hydrogen) atoms. The normalized spacial score (nSPS) is 20.2. The fourth-order valence-electron chi connectivity index (χ4n) is 4.08. The highest BCUT2D eigenvalue weighted by molar-refractivity contribution is 5.76. The van der Waals surface area contributed by atoms with Gasteiger partial charge in [-0.3, -0.25) is 4.48 Å². The minimum Gasteiger partial charge on any atom is -0.390 e. The molecule has 0 saturated heterocycles. The van der Waals surface area contributed by atoms with Crippen LogP contribution in [0.25, 0.3) is 0 Å². The topological polar surface area (TPSA) is 32.6 Å². The fourth-order valence-corrected chi connectivity index (χ4v) is 4.08. The number of quaternary nitrogens is 1. The smallest absolute Gasteiger partial charge is 0.198 e. The Hall–Kier alpha value is -0.670. The van der Waals surface area contributed by atoms with E-state index in [-0.39, 0.29) is 6.61 Å². The molecule has 0 aliphatic carbocycles. The summed E-state index contributed by atoms with van der Waals surface area (Å²) in [7, 11) is 0. The van der Waals surface area contributed by atoms with Gasteiger partial charge in [0.2, 0.25) is 0 Å². The lowest BCUT2D eigenvalue weighted by molar-refractivity contribution is -0.835. The van der Waals surface area contributed by atoms with E-state index in [0.717, 1.165) is 37.1 Å². The van der Waals surface area contributed by atoms with Crippen molar-refractivity contribution in [3.63, 3.8) is 0 Å². The van der Waals surface area contributed by atoms with E-state index in [0.29, 0.717) is 0 Å². The third kappa shape index (κ3) is 9.32. The Balaban J connectivity index is 1.93. The molecule has 0 bridgehead atoms. The molecule has 0 aromatic carbocycles. The van der Waals surface area contributed by atoms with Crippen LogP contribution in [0, 0.1) is 0 Å². The number of allylic oxidation sites excluding steroid dienone is 2. The number of aliphatic hydroxyl groups is 1. The average Bonchev–Trinajstić information content (AvgIpc) is 3.05. The molecule has 3 nitrogen and oxygen atoms in total. The summed E-state index contributed by atoms with van der Waals surface area (Å²) in [6.45, 7) is 8.73. The summed E-state index contributed by atoms with van der Waals surface area (Å²) in [5.74, 6) is 1.36. The summed E-state index contributed by atoms with van der Waals surface area (Å²) >= 11 is 0. The molecule has 1 aliphatic rings. The van der Waals surface area contributed by atoms with Crippen molar-refractivity contribution in [2.75, 3.05) is 32.8 Å². The predicted octanol–water partition coefficient (Wildman–Crippen LogP) is 5.87. The summed E-state index contributed by atoms with van der Waals surface area (Å²) in [5.41, 5.74) is 0. The van der Waals surface area contributed by atoms with Crippen LogP contribution in [-0.4, -0.2) is 48.2 Å². The number of unbranched alkanes of at least 4 members (excludes halogenated alkanes) is 10. The molecule has 0 aromatic heterocycles. The highest BCUT2D eigenvalue weighted by atomic mass is 16.3. The van der Waals surface area contributed by atoms with Gasteiger partial charge in [0, 0.05) is 6.42 Å². The van der Waals surface area contributed by atoms with Crippen molar-refractivity contribution in [1.82, 2.24) is 0 Å². The second-order valence-corrected chi connectivity index (χ2v) is 7.91. The summed E-state index contributed by atoms with van der Waals surface area (Å²) in [4.78, 5) is 4.75. The van der Waals surface area contributed by atoms with Crippen molar-refractivity contribution in [3.05, 3.63) is 12.2 Å². The molecule has 0 fully saturated rings. The third-order valence-electron chi connectivity index (χ3n) is 5.90. The third-order valence-corrected chi connectivity index (χ3v) is 5.90. The molecule has 0 amide bonds. The van der Waals surface area contributed by atoms with Crippen LogP contribution in [0.15, 0.2) is 17.1 Å². The van der Waals surface area contributed by atoms with E-state index < -0.39 is 0 Å². The van der Waals surface area contributed by atoms with Gasteiger partial charge in [0.05, 0.1) is 19.7 Å². The van der Waals surface area contributed by atoms with Gasteiger partial charge in [0.1, 0.15) is 13.1 Å². The van der Waals surface area contributed by atoms with Crippen LogP contribution in [0.4, 0.5) is 0 Å². The van der Waals surface area contributed by atoms with E-state index in [9.17, 15) is 5.11 Å². The van der Waals surface area contributed by atoms with Crippen LogP contribution >= 0.6 is 0 Å². The first-order chi connectivity index (χ1) is 12.8. The molecule has 152 valence electrons. The molecule has 1 N–H and O–H groups in total. The summed E-state index contributed by atoms with van der Waals surface area (Å²) < 4.78 is 0.949. The van der Waals surface area contributed by atoms with Crippen molar-refractivity contribution in [2.24, 2.45) is 4.99 Å². The molecule has 1 heterocycles. The molecular weight excluding hydrogens is 320 g/mol. The number of likely N-dealkylation sites (N-methyl/N-ethyl adjacent to an activating group) is 1. The van der Waals surface area contributed by atoms with E-state index >= 15 is 0 Å².